The van der Waals surface area contributed by atoms with Crippen molar-refractivity contribution >= 4 is 56.3 Å². The number of nitrogens with zero attached hydrogens (tertiary/aromatic N) is 2. The summed E-state index contributed by atoms with van der Waals surface area (Å²) in [7, 11) is 0. The molecule has 0 saturated carbocycles. The van der Waals surface area contributed by atoms with E-state index < -0.39 is 0 Å². The van der Waals surface area contributed by atoms with E-state index in [4.69, 9.17) is 23.2 Å². The maximum absolute atomic E-state index is 6.14. The lowest BCUT2D eigenvalue weighted by atomic mass is 10.3. The molecule has 0 fully saturated rings. The van der Waals surface area contributed by atoms with Gasteiger partial charge in [-0.15, -0.1) is 11.3 Å². The number of halogens is 2. The van der Waals surface area contributed by atoms with E-state index in [-0.39, 0.29) is 0 Å². The first-order valence-electron chi connectivity index (χ1n) is 5.57. The quantitative estimate of drug-likeness (QED) is 0.719. The predicted molar refractivity (Wildman–Crippen MR) is 81.9 cm³/mol. The second-order valence-corrected chi connectivity index (χ2v) is 6.13. The molecule has 2 aromatic heterocycles. The molecule has 19 heavy (non-hydrogen) atoms. The molecule has 1 N–H and O–H groups in total. The Kier molecular flexibility index (Phi) is 3.31. The zero-order chi connectivity index (χ0) is 13.4. The lowest BCUT2D eigenvalue weighted by molar-refractivity contribution is 1.23. The topological polar surface area (TPSA) is 37.8 Å². The molecule has 0 aliphatic rings. The predicted octanol–water partition coefficient (Wildman–Crippen LogP) is 5.05. The summed E-state index contributed by atoms with van der Waals surface area (Å²) in [5.74, 6) is 0.735. The molecule has 0 bridgehead atoms. The van der Waals surface area contributed by atoms with Gasteiger partial charge in [0.2, 0.25) is 0 Å². The van der Waals surface area contributed by atoms with Crippen LogP contribution in [0, 0.1) is 6.92 Å². The van der Waals surface area contributed by atoms with Crippen LogP contribution in [0.5, 0.6) is 0 Å². The first-order valence-corrected chi connectivity index (χ1v) is 7.14. The average molecular weight is 310 g/mol. The Morgan fingerprint density at radius 3 is 2.84 bits per heavy atom. The number of aryl methyl sites for hydroxylation is 1. The Hall–Kier alpha value is -1.36. The van der Waals surface area contributed by atoms with E-state index in [1.54, 1.807) is 35.9 Å². The van der Waals surface area contributed by atoms with Gasteiger partial charge in [-0.1, -0.05) is 23.2 Å². The van der Waals surface area contributed by atoms with Crippen LogP contribution in [0.3, 0.4) is 0 Å². The molecular formula is C13H9Cl2N3S. The molecule has 3 aromatic rings. The van der Waals surface area contributed by atoms with Crippen molar-refractivity contribution in [3.8, 4) is 0 Å². The molecule has 1 aromatic carbocycles. The minimum Gasteiger partial charge on any atom is -0.338 e. The monoisotopic (exact) mass is 309 g/mol. The summed E-state index contributed by atoms with van der Waals surface area (Å²) in [5.41, 5.74) is 0.734. The fraction of sp³-hybridized carbons (Fsp3) is 0.0769. The summed E-state index contributed by atoms with van der Waals surface area (Å²) < 4.78 is 0. The van der Waals surface area contributed by atoms with Gasteiger partial charge >= 0.3 is 0 Å². The van der Waals surface area contributed by atoms with Crippen molar-refractivity contribution in [3.63, 3.8) is 0 Å². The molecule has 2 heterocycles. The SMILES string of the molecule is Cc1cc2c(Nc3cc(Cl)ccc3Cl)ncnc2s1. The number of anilines is 2. The zero-order valence-corrected chi connectivity index (χ0v) is 12.3. The summed E-state index contributed by atoms with van der Waals surface area (Å²) >= 11 is 13.8. The molecule has 0 radical (unpaired) electrons. The second kappa shape index (κ2) is 4.96. The van der Waals surface area contributed by atoms with Crippen molar-refractivity contribution in [1.82, 2.24) is 9.97 Å². The van der Waals surface area contributed by atoms with E-state index in [1.807, 2.05) is 6.92 Å². The van der Waals surface area contributed by atoms with Crippen molar-refractivity contribution in [3.05, 3.63) is 45.5 Å². The number of hydrogen-bond acceptors (Lipinski definition) is 4. The van der Waals surface area contributed by atoms with Gasteiger partial charge in [-0.3, -0.25) is 0 Å². The molecule has 3 rings (SSSR count). The van der Waals surface area contributed by atoms with Crippen LogP contribution in [-0.4, -0.2) is 9.97 Å². The van der Waals surface area contributed by atoms with Gasteiger partial charge in [0.15, 0.2) is 0 Å². The second-order valence-electron chi connectivity index (χ2n) is 4.05. The van der Waals surface area contributed by atoms with Gasteiger partial charge in [0.1, 0.15) is 17.0 Å². The highest BCUT2D eigenvalue weighted by molar-refractivity contribution is 7.18. The van der Waals surface area contributed by atoms with Crippen LogP contribution in [0.25, 0.3) is 10.2 Å². The van der Waals surface area contributed by atoms with Crippen LogP contribution >= 0.6 is 34.5 Å². The molecule has 6 heteroatoms. The third-order valence-corrected chi connectivity index (χ3v) is 4.16. The maximum Gasteiger partial charge on any atom is 0.142 e. The number of thiophene rings is 1. The fourth-order valence-electron chi connectivity index (χ4n) is 1.80. The number of rotatable bonds is 2. The largest absolute Gasteiger partial charge is 0.338 e. The summed E-state index contributed by atoms with van der Waals surface area (Å²) in [5, 5.41) is 5.42. The smallest absolute Gasteiger partial charge is 0.142 e. The summed E-state index contributed by atoms with van der Waals surface area (Å²) in [4.78, 5) is 10.7. The molecule has 0 saturated heterocycles. The highest BCUT2D eigenvalue weighted by atomic mass is 35.5. The minimum absolute atomic E-state index is 0.600. The van der Waals surface area contributed by atoms with Gasteiger partial charge in [-0.05, 0) is 31.2 Å². The van der Waals surface area contributed by atoms with Crippen molar-refractivity contribution in [2.75, 3.05) is 5.32 Å². The number of nitrogens with one attached hydrogen (secondary N) is 1. The molecule has 0 atom stereocenters. The van der Waals surface area contributed by atoms with Crippen LogP contribution in [-0.2, 0) is 0 Å². The third-order valence-electron chi connectivity index (χ3n) is 2.63. The lowest BCUT2D eigenvalue weighted by Crippen LogP contribution is -1.95. The van der Waals surface area contributed by atoms with Crippen molar-refractivity contribution < 1.29 is 0 Å². The highest BCUT2D eigenvalue weighted by Crippen LogP contribution is 2.32. The van der Waals surface area contributed by atoms with Gasteiger partial charge in [0.25, 0.3) is 0 Å². The lowest BCUT2D eigenvalue weighted by Gasteiger charge is -2.08. The third kappa shape index (κ3) is 2.52. The summed E-state index contributed by atoms with van der Waals surface area (Å²) in [6.07, 6.45) is 1.54. The minimum atomic E-state index is 0.600. The van der Waals surface area contributed by atoms with Crippen LogP contribution in [0.1, 0.15) is 4.88 Å². The molecule has 0 aliphatic carbocycles. The van der Waals surface area contributed by atoms with Crippen LogP contribution in [0.4, 0.5) is 11.5 Å². The van der Waals surface area contributed by atoms with Gasteiger partial charge in [0.05, 0.1) is 16.1 Å². The first kappa shape index (κ1) is 12.7. The molecule has 3 nitrogen and oxygen atoms in total. The van der Waals surface area contributed by atoms with E-state index in [0.29, 0.717) is 10.0 Å². The standard InChI is InChI=1S/C13H9Cl2N3S/c1-7-4-9-12(16-6-17-13(9)19-7)18-11-5-8(14)2-3-10(11)15/h2-6H,1H3,(H,16,17,18). The van der Waals surface area contributed by atoms with Crippen molar-refractivity contribution in [2.24, 2.45) is 0 Å². The van der Waals surface area contributed by atoms with Crippen LogP contribution < -0.4 is 5.32 Å². The summed E-state index contributed by atoms with van der Waals surface area (Å²) in [6, 6.07) is 7.33. The average Bonchev–Trinajstić information content (AvgIpc) is 2.75. The van der Waals surface area contributed by atoms with E-state index in [0.717, 1.165) is 21.7 Å². The number of fused-ring (bicyclic) bond motifs is 1. The Bertz CT molecular complexity index is 755. The Morgan fingerprint density at radius 1 is 1.16 bits per heavy atom. The van der Waals surface area contributed by atoms with Gasteiger partial charge in [-0.25, -0.2) is 9.97 Å². The molecule has 0 spiro atoms. The Labute approximate surface area is 124 Å². The number of benzene rings is 1. The van der Waals surface area contributed by atoms with Crippen molar-refractivity contribution in [2.45, 2.75) is 6.92 Å². The molecular weight excluding hydrogens is 301 g/mol. The van der Waals surface area contributed by atoms with Gasteiger partial charge in [-0.2, -0.15) is 0 Å². The fourth-order valence-corrected chi connectivity index (χ4v) is 2.98. The van der Waals surface area contributed by atoms with E-state index in [2.05, 4.69) is 21.4 Å². The van der Waals surface area contributed by atoms with Crippen LogP contribution in [0.15, 0.2) is 30.6 Å². The molecule has 0 unspecified atom stereocenters. The van der Waals surface area contributed by atoms with E-state index in [1.165, 1.54) is 4.88 Å². The van der Waals surface area contributed by atoms with Gasteiger partial charge in [0, 0.05) is 9.90 Å². The Balaban J connectivity index is 2.08. The molecule has 96 valence electrons. The van der Waals surface area contributed by atoms with E-state index in [9.17, 15) is 0 Å². The molecule has 0 amide bonds. The maximum atomic E-state index is 6.14. The van der Waals surface area contributed by atoms with Gasteiger partial charge < -0.3 is 5.32 Å². The Morgan fingerprint density at radius 2 is 2.00 bits per heavy atom. The van der Waals surface area contributed by atoms with Crippen molar-refractivity contribution in [1.29, 1.82) is 0 Å². The first-order chi connectivity index (χ1) is 9.13. The van der Waals surface area contributed by atoms with E-state index >= 15 is 0 Å². The normalized spacial score (nSPS) is 10.9. The summed E-state index contributed by atoms with van der Waals surface area (Å²) in [6.45, 7) is 2.04. The number of aromatic nitrogens is 2. The molecule has 0 aliphatic heterocycles. The van der Waals surface area contributed by atoms with Crippen LogP contribution in [0.2, 0.25) is 10.0 Å². The number of hydrogen-bond donors (Lipinski definition) is 1. The highest BCUT2D eigenvalue weighted by Gasteiger charge is 2.09. The zero-order valence-electron chi connectivity index (χ0n) is 9.95.